The Labute approximate surface area is 120 Å². The van der Waals surface area contributed by atoms with Crippen molar-refractivity contribution >= 4 is 11.6 Å². The number of anilines is 1. The van der Waals surface area contributed by atoms with Crippen LogP contribution in [-0.2, 0) is 0 Å². The number of aryl methyl sites for hydroxylation is 2. The number of rotatable bonds is 3. The van der Waals surface area contributed by atoms with E-state index in [9.17, 15) is 4.79 Å². The molecule has 0 bridgehead atoms. The van der Waals surface area contributed by atoms with E-state index in [1.165, 1.54) is 12.6 Å². The van der Waals surface area contributed by atoms with Gasteiger partial charge in [0, 0.05) is 11.3 Å². The molecule has 106 valence electrons. The molecular formula is C14H13N5O2. The van der Waals surface area contributed by atoms with E-state index in [0.717, 1.165) is 16.8 Å². The fraction of sp³-hybridized carbons (Fsp3) is 0.143. The van der Waals surface area contributed by atoms with Crippen molar-refractivity contribution < 1.29 is 9.21 Å². The van der Waals surface area contributed by atoms with E-state index < -0.39 is 0 Å². The Balaban J connectivity index is 1.83. The maximum atomic E-state index is 12.1. The Hall–Kier alpha value is -2.96. The fourth-order valence-corrected chi connectivity index (χ4v) is 2.06. The molecule has 1 amide bonds. The number of furan rings is 1. The minimum Gasteiger partial charge on any atom is -0.459 e. The Bertz CT molecular complexity index is 777. The normalized spacial score (nSPS) is 10.6. The molecule has 0 saturated carbocycles. The topological polar surface area (TPSA) is 85.8 Å². The highest BCUT2D eigenvalue weighted by atomic mass is 16.3. The summed E-state index contributed by atoms with van der Waals surface area (Å²) < 4.78 is 6.74. The van der Waals surface area contributed by atoms with Crippen molar-refractivity contribution in [2.24, 2.45) is 0 Å². The van der Waals surface area contributed by atoms with Gasteiger partial charge in [0.15, 0.2) is 5.76 Å². The summed E-state index contributed by atoms with van der Waals surface area (Å²) in [6.07, 6.45) is 3.02. The van der Waals surface area contributed by atoms with Gasteiger partial charge < -0.3 is 9.73 Å². The van der Waals surface area contributed by atoms with Crippen molar-refractivity contribution in [2.75, 3.05) is 5.32 Å². The van der Waals surface area contributed by atoms with E-state index in [0.29, 0.717) is 11.4 Å². The summed E-state index contributed by atoms with van der Waals surface area (Å²) in [6, 6.07) is 7.24. The van der Waals surface area contributed by atoms with Crippen molar-refractivity contribution in [3.05, 3.63) is 53.7 Å². The third kappa shape index (κ3) is 2.53. The van der Waals surface area contributed by atoms with Crippen molar-refractivity contribution in [2.45, 2.75) is 13.8 Å². The van der Waals surface area contributed by atoms with Gasteiger partial charge in [-0.2, -0.15) is 0 Å². The highest BCUT2D eigenvalue weighted by Gasteiger charge is 2.13. The summed E-state index contributed by atoms with van der Waals surface area (Å²) in [7, 11) is 0. The molecule has 1 aromatic carbocycles. The Kier molecular flexibility index (Phi) is 3.23. The van der Waals surface area contributed by atoms with E-state index in [1.807, 2.05) is 26.0 Å². The average Bonchev–Trinajstić information content (AvgIpc) is 3.10. The number of aromatic nitrogens is 4. The van der Waals surface area contributed by atoms with Crippen LogP contribution in [0.5, 0.6) is 0 Å². The zero-order valence-corrected chi connectivity index (χ0v) is 11.6. The molecule has 0 radical (unpaired) electrons. The summed E-state index contributed by atoms with van der Waals surface area (Å²) in [5, 5.41) is 13.9. The molecule has 7 nitrogen and oxygen atoms in total. The first-order valence-corrected chi connectivity index (χ1v) is 6.34. The average molecular weight is 283 g/mol. The quantitative estimate of drug-likeness (QED) is 0.795. The number of amides is 1. The summed E-state index contributed by atoms with van der Waals surface area (Å²) in [4.78, 5) is 12.1. The number of benzene rings is 1. The zero-order valence-electron chi connectivity index (χ0n) is 11.6. The number of tetrazole rings is 1. The first-order valence-electron chi connectivity index (χ1n) is 6.34. The Morgan fingerprint density at radius 1 is 1.24 bits per heavy atom. The minimum atomic E-state index is -0.271. The van der Waals surface area contributed by atoms with Crippen LogP contribution in [0.4, 0.5) is 5.69 Å². The number of carbonyl (C=O) groups excluding carboxylic acids is 1. The lowest BCUT2D eigenvalue weighted by atomic mass is 10.1. The predicted octanol–water partition coefficient (Wildman–Crippen LogP) is 2.12. The molecule has 0 saturated heterocycles. The van der Waals surface area contributed by atoms with Crippen LogP contribution >= 0.6 is 0 Å². The van der Waals surface area contributed by atoms with Crippen molar-refractivity contribution in [3.63, 3.8) is 0 Å². The van der Waals surface area contributed by atoms with Crippen LogP contribution in [0.25, 0.3) is 5.69 Å². The minimum absolute atomic E-state index is 0.271. The number of carbonyl (C=O) groups is 1. The van der Waals surface area contributed by atoms with Gasteiger partial charge in [0.25, 0.3) is 5.91 Å². The lowest BCUT2D eigenvalue weighted by molar-refractivity contribution is 0.0996. The molecule has 0 atom stereocenters. The molecule has 0 spiro atoms. The second kappa shape index (κ2) is 5.20. The van der Waals surface area contributed by atoms with Crippen molar-refractivity contribution in [3.8, 4) is 5.69 Å². The van der Waals surface area contributed by atoms with Crippen molar-refractivity contribution in [1.82, 2.24) is 20.2 Å². The van der Waals surface area contributed by atoms with Gasteiger partial charge in [0.1, 0.15) is 6.33 Å². The zero-order chi connectivity index (χ0) is 14.8. The van der Waals surface area contributed by atoms with Gasteiger partial charge in [0.2, 0.25) is 0 Å². The van der Waals surface area contributed by atoms with Crippen LogP contribution in [-0.4, -0.2) is 26.1 Å². The van der Waals surface area contributed by atoms with Gasteiger partial charge in [-0.25, -0.2) is 4.68 Å². The largest absolute Gasteiger partial charge is 0.459 e. The van der Waals surface area contributed by atoms with Gasteiger partial charge in [-0.15, -0.1) is 5.10 Å². The molecule has 2 aromatic heterocycles. The second-order valence-corrected chi connectivity index (χ2v) is 4.64. The molecule has 3 aromatic rings. The molecule has 0 fully saturated rings. The van der Waals surface area contributed by atoms with E-state index in [-0.39, 0.29) is 5.91 Å². The lowest BCUT2D eigenvalue weighted by Gasteiger charge is -2.08. The van der Waals surface area contributed by atoms with Crippen molar-refractivity contribution in [1.29, 1.82) is 0 Å². The standard InChI is InChI=1S/C14H13N5O2/c1-9-5-6-21-13(9)14(20)16-11-3-4-12(10(2)7-11)19-8-15-17-18-19/h3-8H,1-2H3,(H,16,20). The van der Waals surface area contributed by atoms with E-state index >= 15 is 0 Å². The predicted molar refractivity (Wildman–Crippen MR) is 75.3 cm³/mol. The van der Waals surface area contributed by atoms with Gasteiger partial charge in [-0.3, -0.25) is 4.79 Å². The van der Waals surface area contributed by atoms with Crippen LogP contribution in [0.1, 0.15) is 21.7 Å². The molecular weight excluding hydrogens is 270 g/mol. The number of hydrogen-bond donors (Lipinski definition) is 1. The summed E-state index contributed by atoms with van der Waals surface area (Å²) in [6.45, 7) is 3.75. The first kappa shape index (κ1) is 13.0. The maximum absolute atomic E-state index is 12.1. The first-order chi connectivity index (χ1) is 10.1. The van der Waals surface area contributed by atoms with Crippen LogP contribution in [0.3, 0.4) is 0 Å². The summed E-state index contributed by atoms with van der Waals surface area (Å²) in [5.74, 6) is 0.0456. The van der Waals surface area contributed by atoms with Gasteiger partial charge in [0.05, 0.1) is 12.0 Å². The smallest absolute Gasteiger partial charge is 0.291 e. The SMILES string of the molecule is Cc1cc(NC(=O)c2occc2C)ccc1-n1cnnn1. The number of hydrogen-bond acceptors (Lipinski definition) is 5. The molecule has 21 heavy (non-hydrogen) atoms. The molecule has 3 rings (SSSR count). The van der Waals surface area contributed by atoms with Gasteiger partial charge >= 0.3 is 0 Å². The third-order valence-corrected chi connectivity index (χ3v) is 3.12. The number of nitrogens with zero attached hydrogens (tertiary/aromatic N) is 4. The monoisotopic (exact) mass is 283 g/mol. The van der Waals surface area contributed by atoms with E-state index in [2.05, 4.69) is 20.8 Å². The van der Waals surface area contributed by atoms with Gasteiger partial charge in [-0.1, -0.05) is 0 Å². The molecule has 0 unspecified atom stereocenters. The Morgan fingerprint density at radius 2 is 2.10 bits per heavy atom. The molecule has 0 aliphatic heterocycles. The third-order valence-electron chi connectivity index (χ3n) is 3.12. The van der Waals surface area contributed by atoms with Crippen LogP contribution in [0, 0.1) is 13.8 Å². The van der Waals surface area contributed by atoms with Crippen LogP contribution in [0.2, 0.25) is 0 Å². The Morgan fingerprint density at radius 3 is 2.71 bits per heavy atom. The maximum Gasteiger partial charge on any atom is 0.291 e. The molecule has 0 aliphatic carbocycles. The molecule has 2 heterocycles. The van der Waals surface area contributed by atoms with E-state index in [4.69, 9.17) is 4.42 Å². The lowest BCUT2D eigenvalue weighted by Crippen LogP contribution is -2.12. The second-order valence-electron chi connectivity index (χ2n) is 4.64. The highest BCUT2D eigenvalue weighted by Crippen LogP contribution is 2.19. The van der Waals surface area contributed by atoms with Crippen LogP contribution < -0.4 is 5.32 Å². The van der Waals surface area contributed by atoms with E-state index in [1.54, 1.807) is 16.8 Å². The van der Waals surface area contributed by atoms with Gasteiger partial charge in [-0.05, 0) is 54.1 Å². The number of nitrogens with one attached hydrogen (secondary N) is 1. The molecule has 1 N–H and O–H groups in total. The summed E-state index contributed by atoms with van der Waals surface area (Å²) in [5.41, 5.74) is 3.28. The van der Waals surface area contributed by atoms with Crippen LogP contribution in [0.15, 0.2) is 41.3 Å². The molecule has 7 heteroatoms. The fourth-order valence-electron chi connectivity index (χ4n) is 2.06. The molecule has 0 aliphatic rings. The summed E-state index contributed by atoms with van der Waals surface area (Å²) >= 11 is 0. The highest BCUT2D eigenvalue weighted by molar-refractivity contribution is 6.03.